The predicted molar refractivity (Wildman–Crippen MR) is 141 cm³/mol. The molecule has 5 N–H and O–H groups in total. The summed E-state index contributed by atoms with van der Waals surface area (Å²) in [5.41, 5.74) is 7.61. The third-order valence-corrected chi connectivity index (χ3v) is 6.77. The highest BCUT2D eigenvalue weighted by molar-refractivity contribution is 7.89. The summed E-state index contributed by atoms with van der Waals surface area (Å²) < 4.78 is 25.2. The lowest BCUT2D eigenvalue weighted by molar-refractivity contribution is 0.0993. The molecule has 0 aliphatic heterocycles. The van der Waals surface area contributed by atoms with Crippen molar-refractivity contribution in [2.75, 3.05) is 5.32 Å². The molecule has 0 aliphatic rings. The molecule has 3 aromatic carbocycles. The minimum atomic E-state index is -3.97. The van der Waals surface area contributed by atoms with E-state index in [2.05, 4.69) is 20.4 Å². The highest BCUT2D eigenvalue weighted by Gasteiger charge is 2.21. The van der Waals surface area contributed by atoms with Crippen LogP contribution in [0.5, 0.6) is 0 Å². The minimum Gasteiger partial charge on any atom is -0.366 e. The molecule has 0 spiro atoms. The molecule has 2 amide bonds. The Kier molecular flexibility index (Phi) is 6.18. The molecule has 11 nitrogen and oxygen atoms in total. The van der Waals surface area contributed by atoms with Crippen LogP contribution in [0.25, 0.3) is 27.6 Å². The van der Waals surface area contributed by atoms with Gasteiger partial charge in [0.2, 0.25) is 16.0 Å². The van der Waals surface area contributed by atoms with E-state index in [4.69, 9.17) is 10.9 Å². The third kappa shape index (κ3) is 4.73. The van der Waals surface area contributed by atoms with Crippen LogP contribution in [0.2, 0.25) is 0 Å². The number of hydrogen-bond donors (Lipinski definition) is 3. The summed E-state index contributed by atoms with van der Waals surface area (Å²) in [5, 5.41) is 14.0. The maximum Gasteiger partial charge on any atom is 0.276 e. The number of benzene rings is 3. The van der Waals surface area contributed by atoms with Crippen molar-refractivity contribution in [1.29, 1.82) is 0 Å². The van der Waals surface area contributed by atoms with Crippen LogP contribution in [0.1, 0.15) is 26.5 Å². The molecular formula is C26H21N7O4S. The average Bonchev–Trinajstić information content (AvgIpc) is 3.29. The molecule has 0 radical (unpaired) electrons. The standard InChI is InChI=1S/C26H21N7O4S/c1-15-10-22(33(32-15)21-12-17-7-3-2-6-16(17)11-20(21)24(27)34)25(35)31-26-29-13-18(14-30-26)19-8-4-5-9-23(19)38(28,36)37/h2-14H,1H3,(H2,27,34)(H2,28,36,37)(H,29,30,31,35). The topological polar surface area (TPSA) is 176 Å². The summed E-state index contributed by atoms with van der Waals surface area (Å²) in [4.78, 5) is 33.8. The summed E-state index contributed by atoms with van der Waals surface area (Å²) in [5.74, 6) is -1.26. The van der Waals surface area contributed by atoms with E-state index in [1.165, 1.54) is 23.1 Å². The Balaban J connectivity index is 1.49. The Morgan fingerprint density at radius 1 is 0.921 bits per heavy atom. The second-order valence-electron chi connectivity index (χ2n) is 8.45. The van der Waals surface area contributed by atoms with Gasteiger partial charge in [0.25, 0.3) is 11.8 Å². The van der Waals surface area contributed by atoms with Crippen LogP contribution in [0, 0.1) is 6.92 Å². The molecule has 190 valence electrons. The zero-order valence-electron chi connectivity index (χ0n) is 20.0. The number of carbonyl (C=O) groups excluding carboxylic acids is 2. The zero-order valence-corrected chi connectivity index (χ0v) is 20.8. The number of primary amides is 1. The number of nitrogens with one attached hydrogen (secondary N) is 1. The number of aryl methyl sites for hydroxylation is 1. The largest absolute Gasteiger partial charge is 0.366 e. The Labute approximate surface area is 217 Å². The molecule has 0 saturated carbocycles. The van der Waals surface area contributed by atoms with E-state index in [-0.39, 0.29) is 22.1 Å². The van der Waals surface area contributed by atoms with Crippen molar-refractivity contribution in [3.05, 3.63) is 96.1 Å². The van der Waals surface area contributed by atoms with E-state index in [9.17, 15) is 18.0 Å². The number of primary sulfonamides is 1. The molecule has 0 aliphatic carbocycles. The molecule has 0 saturated heterocycles. The Hall–Kier alpha value is -4.94. The lowest BCUT2D eigenvalue weighted by atomic mass is 10.0. The van der Waals surface area contributed by atoms with Gasteiger partial charge in [-0.3, -0.25) is 14.9 Å². The number of anilines is 1. The van der Waals surface area contributed by atoms with Crippen LogP contribution in [-0.4, -0.2) is 40.0 Å². The number of fused-ring (bicyclic) bond motifs is 1. The average molecular weight is 528 g/mol. The number of nitrogens with zero attached hydrogens (tertiary/aromatic N) is 4. The molecule has 0 atom stereocenters. The van der Waals surface area contributed by atoms with Crippen molar-refractivity contribution in [2.24, 2.45) is 10.9 Å². The molecule has 12 heteroatoms. The van der Waals surface area contributed by atoms with E-state index in [0.717, 1.165) is 10.8 Å². The quantitative estimate of drug-likeness (QED) is 0.304. The van der Waals surface area contributed by atoms with Gasteiger partial charge >= 0.3 is 0 Å². The van der Waals surface area contributed by atoms with Crippen molar-refractivity contribution in [3.8, 4) is 16.8 Å². The minimum absolute atomic E-state index is 0.0223. The van der Waals surface area contributed by atoms with Gasteiger partial charge in [0.15, 0.2) is 0 Å². The van der Waals surface area contributed by atoms with E-state index in [1.54, 1.807) is 43.3 Å². The van der Waals surface area contributed by atoms with Gasteiger partial charge in [-0.05, 0) is 42.0 Å². The molecule has 5 aromatic rings. The third-order valence-electron chi connectivity index (χ3n) is 5.80. The fraction of sp³-hybridized carbons (Fsp3) is 0.0385. The van der Waals surface area contributed by atoms with Crippen LogP contribution in [0.15, 0.2) is 84.0 Å². The maximum absolute atomic E-state index is 13.2. The van der Waals surface area contributed by atoms with E-state index < -0.39 is 21.8 Å². The highest BCUT2D eigenvalue weighted by atomic mass is 32.2. The van der Waals surface area contributed by atoms with Gasteiger partial charge < -0.3 is 5.73 Å². The van der Waals surface area contributed by atoms with Crippen molar-refractivity contribution in [2.45, 2.75) is 11.8 Å². The van der Waals surface area contributed by atoms with Gasteiger partial charge in [0, 0.05) is 23.5 Å². The molecule has 5 rings (SSSR count). The monoisotopic (exact) mass is 527 g/mol. The lowest BCUT2D eigenvalue weighted by Crippen LogP contribution is -2.21. The molecule has 0 fully saturated rings. The summed E-state index contributed by atoms with van der Waals surface area (Å²) in [6.45, 7) is 1.71. The zero-order chi connectivity index (χ0) is 27.0. The van der Waals surface area contributed by atoms with Gasteiger partial charge in [-0.1, -0.05) is 42.5 Å². The Morgan fingerprint density at radius 2 is 1.55 bits per heavy atom. The number of carbonyl (C=O) groups is 2. The number of nitrogens with two attached hydrogens (primary N) is 2. The second-order valence-corrected chi connectivity index (χ2v) is 9.98. The fourth-order valence-electron chi connectivity index (χ4n) is 4.10. The van der Waals surface area contributed by atoms with E-state index >= 15 is 0 Å². The van der Waals surface area contributed by atoms with Crippen molar-refractivity contribution < 1.29 is 18.0 Å². The number of aromatic nitrogens is 4. The van der Waals surface area contributed by atoms with E-state index in [0.29, 0.717) is 22.5 Å². The number of sulfonamides is 1. The smallest absolute Gasteiger partial charge is 0.276 e. The van der Waals surface area contributed by atoms with Gasteiger partial charge in [-0.2, -0.15) is 5.10 Å². The first-order valence-corrected chi connectivity index (χ1v) is 12.8. The number of rotatable bonds is 6. The summed E-state index contributed by atoms with van der Waals surface area (Å²) in [7, 11) is -3.97. The second kappa shape index (κ2) is 9.50. The summed E-state index contributed by atoms with van der Waals surface area (Å²) in [6.07, 6.45) is 2.76. The lowest BCUT2D eigenvalue weighted by Gasteiger charge is -2.12. The fourth-order valence-corrected chi connectivity index (χ4v) is 4.86. The van der Waals surface area contributed by atoms with Gasteiger partial charge in [-0.15, -0.1) is 0 Å². The molecule has 38 heavy (non-hydrogen) atoms. The van der Waals surface area contributed by atoms with Crippen molar-refractivity contribution in [1.82, 2.24) is 19.7 Å². The predicted octanol–water partition coefficient (Wildman–Crippen LogP) is 2.79. The van der Waals surface area contributed by atoms with Crippen LogP contribution in [0.4, 0.5) is 5.95 Å². The summed E-state index contributed by atoms with van der Waals surface area (Å²) in [6, 6.07) is 18.6. The van der Waals surface area contributed by atoms with Gasteiger partial charge in [-0.25, -0.2) is 28.2 Å². The molecule has 2 heterocycles. The summed E-state index contributed by atoms with van der Waals surface area (Å²) >= 11 is 0. The van der Waals surface area contributed by atoms with Crippen LogP contribution >= 0.6 is 0 Å². The maximum atomic E-state index is 13.2. The first-order valence-electron chi connectivity index (χ1n) is 11.3. The first kappa shape index (κ1) is 24.7. The molecule has 0 unspecified atom stereocenters. The van der Waals surface area contributed by atoms with E-state index in [1.807, 2.05) is 24.3 Å². The molecular weight excluding hydrogens is 506 g/mol. The SMILES string of the molecule is Cc1cc(C(=O)Nc2ncc(-c3ccccc3S(N)(=O)=O)cn2)n(-c2cc3ccccc3cc2C(N)=O)n1. The van der Waals surface area contributed by atoms with Crippen LogP contribution in [0.3, 0.4) is 0 Å². The first-order chi connectivity index (χ1) is 18.1. The van der Waals surface area contributed by atoms with Crippen molar-refractivity contribution >= 4 is 38.6 Å². The Bertz CT molecular complexity index is 1830. The Morgan fingerprint density at radius 3 is 2.21 bits per heavy atom. The van der Waals surface area contributed by atoms with Gasteiger partial charge in [0.1, 0.15) is 5.69 Å². The van der Waals surface area contributed by atoms with Crippen molar-refractivity contribution in [3.63, 3.8) is 0 Å². The van der Waals surface area contributed by atoms with Crippen LogP contribution < -0.4 is 16.2 Å². The van der Waals surface area contributed by atoms with Gasteiger partial charge in [0.05, 0.1) is 21.8 Å². The number of amides is 2. The normalized spacial score (nSPS) is 11.4. The van der Waals surface area contributed by atoms with Crippen LogP contribution in [-0.2, 0) is 10.0 Å². The molecule has 2 aromatic heterocycles. The molecule has 0 bridgehead atoms. The number of hydrogen-bond acceptors (Lipinski definition) is 7. The highest BCUT2D eigenvalue weighted by Crippen LogP contribution is 2.27.